The zero-order chi connectivity index (χ0) is 20.7. The van der Waals surface area contributed by atoms with E-state index in [1.54, 1.807) is 18.2 Å². The highest BCUT2D eigenvalue weighted by Gasteiger charge is 2.26. The van der Waals surface area contributed by atoms with Crippen LogP contribution in [0.4, 0.5) is 5.69 Å². The average molecular weight is 428 g/mol. The normalized spacial score (nSPS) is 20.0. The van der Waals surface area contributed by atoms with E-state index in [-0.39, 0.29) is 4.90 Å². The number of ether oxygens (including phenoxy) is 1. The Bertz CT molecular complexity index is 764. The summed E-state index contributed by atoms with van der Waals surface area (Å²) in [7, 11) is -3.64. The molecule has 2 atom stereocenters. The highest BCUT2D eigenvalue weighted by Crippen LogP contribution is 2.30. The van der Waals surface area contributed by atoms with E-state index in [9.17, 15) is 8.42 Å². The Balaban J connectivity index is 2.22. The fraction of sp³-hybridized carbons (Fsp3) is 0.650. The number of rotatable bonds is 8. The van der Waals surface area contributed by atoms with Gasteiger partial charge in [0.05, 0.1) is 6.61 Å². The molecule has 2 rings (SSSR count). The second-order valence-corrected chi connectivity index (χ2v) is 9.47. The van der Waals surface area contributed by atoms with Gasteiger partial charge in [0, 0.05) is 24.8 Å². The highest BCUT2D eigenvalue weighted by molar-refractivity contribution is 7.89. The van der Waals surface area contributed by atoms with Crippen molar-refractivity contribution in [2.75, 3.05) is 25.0 Å². The Kier molecular flexibility index (Phi) is 8.52. The lowest BCUT2D eigenvalue weighted by Crippen LogP contribution is -2.43. The van der Waals surface area contributed by atoms with Gasteiger partial charge in [0.15, 0.2) is 5.11 Å². The quantitative estimate of drug-likeness (QED) is 0.612. The first-order chi connectivity index (χ1) is 13.3. The molecule has 2 N–H and O–H groups in total. The Morgan fingerprint density at radius 2 is 1.89 bits per heavy atom. The molecule has 0 bridgehead atoms. The monoisotopic (exact) mass is 427 g/mol. The number of hydrogen-bond donors (Lipinski definition) is 2. The topological polar surface area (TPSA) is 70.7 Å². The van der Waals surface area contributed by atoms with E-state index in [4.69, 9.17) is 17.0 Å². The van der Waals surface area contributed by atoms with E-state index < -0.39 is 10.0 Å². The van der Waals surface area contributed by atoms with E-state index in [0.717, 1.165) is 6.42 Å². The van der Waals surface area contributed by atoms with Crippen LogP contribution in [-0.4, -0.2) is 43.6 Å². The van der Waals surface area contributed by atoms with Gasteiger partial charge in [0.25, 0.3) is 0 Å². The van der Waals surface area contributed by atoms with Crippen molar-refractivity contribution in [2.24, 2.45) is 5.92 Å². The van der Waals surface area contributed by atoms with Crippen LogP contribution in [0, 0.1) is 5.92 Å². The molecule has 0 aliphatic heterocycles. The predicted octanol–water partition coefficient (Wildman–Crippen LogP) is 3.98. The molecule has 1 aromatic rings. The number of hydrogen-bond acceptors (Lipinski definition) is 4. The molecule has 1 aromatic carbocycles. The summed E-state index contributed by atoms with van der Waals surface area (Å²) >= 11 is 5.47. The number of anilines is 1. The largest absolute Gasteiger partial charge is 0.492 e. The lowest BCUT2D eigenvalue weighted by atomic mass is 9.86. The van der Waals surface area contributed by atoms with E-state index in [1.165, 1.54) is 23.6 Å². The summed E-state index contributed by atoms with van der Waals surface area (Å²) in [4.78, 5) is 0.164. The minimum atomic E-state index is -3.64. The van der Waals surface area contributed by atoms with Gasteiger partial charge in [-0.1, -0.05) is 33.6 Å². The molecule has 1 aliphatic rings. The first kappa shape index (κ1) is 22.9. The Morgan fingerprint density at radius 1 is 1.21 bits per heavy atom. The lowest BCUT2D eigenvalue weighted by molar-refractivity contribution is 0.309. The number of thiocarbonyl (C=S) groups is 1. The van der Waals surface area contributed by atoms with Gasteiger partial charge < -0.3 is 15.4 Å². The molecule has 6 nitrogen and oxygen atoms in total. The minimum Gasteiger partial charge on any atom is -0.492 e. The number of benzene rings is 1. The third-order valence-electron chi connectivity index (χ3n) is 5.25. The Hall–Kier alpha value is -1.38. The van der Waals surface area contributed by atoms with Crippen molar-refractivity contribution in [1.29, 1.82) is 0 Å². The summed E-state index contributed by atoms with van der Waals surface area (Å²) in [6.07, 6.45) is 4.79. The Labute approximate surface area is 175 Å². The van der Waals surface area contributed by atoms with Gasteiger partial charge in [-0.2, -0.15) is 4.31 Å². The van der Waals surface area contributed by atoms with Crippen LogP contribution < -0.4 is 15.4 Å². The van der Waals surface area contributed by atoms with E-state index in [2.05, 4.69) is 17.6 Å². The highest BCUT2D eigenvalue weighted by atomic mass is 32.2. The van der Waals surface area contributed by atoms with Gasteiger partial charge in [-0.25, -0.2) is 8.42 Å². The molecule has 158 valence electrons. The van der Waals surface area contributed by atoms with Crippen molar-refractivity contribution in [3.05, 3.63) is 18.2 Å². The minimum absolute atomic E-state index is 0.164. The zero-order valence-electron chi connectivity index (χ0n) is 17.3. The van der Waals surface area contributed by atoms with Crippen LogP contribution in [0.15, 0.2) is 23.1 Å². The molecule has 0 aromatic heterocycles. The maximum Gasteiger partial charge on any atom is 0.246 e. The van der Waals surface area contributed by atoms with E-state index >= 15 is 0 Å². The predicted molar refractivity (Wildman–Crippen MR) is 118 cm³/mol. The maximum absolute atomic E-state index is 13.1. The fourth-order valence-electron chi connectivity index (χ4n) is 3.63. The summed E-state index contributed by atoms with van der Waals surface area (Å²) in [5.41, 5.74) is 0.634. The molecule has 0 heterocycles. The van der Waals surface area contributed by atoms with Crippen molar-refractivity contribution in [3.63, 3.8) is 0 Å². The molecular formula is C20H33N3O3S2. The van der Waals surface area contributed by atoms with Gasteiger partial charge >= 0.3 is 0 Å². The first-order valence-corrected chi connectivity index (χ1v) is 12.0. The van der Waals surface area contributed by atoms with E-state index in [1.807, 2.05) is 20.8 Å². The molecule has 0 spiro atoms. The summed E-state index contributed by atoms with van der Waals surface area (Å²) < 4.78 is 33.1. The van der Waals surface area contributed by atoms with Crippen LogP contribution in [0.2, 0.25) is 0 Å². The summed E-state index contributed by atoms with van der Waals surface area (Å²) in [6.45, 7) is 8.94. The van der Waals surface area contributed by atoms with Gasteiger partial charge in [-0.15, -0.1) is 0 Å². The van der Waals surface area contributed by atoms with Crippen LogP contribution in [0.25, 0.3) is 0 Å². The van der Waals surface area contributed by atoms with Gasteiger partial charge in [-0.3, -0.25) is 0 Å². The molecule has 8 heteroatoms. The van der Waals surface area contributed by atoms with Crippen LogP contribution in [0.1, 0.15) is 53.4 Å². The molecule has 0 unspecified atom stereocenters. The third kappa shape index (κ3) is 5.58. The zero-order valence-corrected chi connectivity index (χ0v) is 19.0. The SMILES string of the molecule is CCOc1ccc(NC(=S)N[C@@H]2CCCC[C@H]2C)cc1S(=O)(=O)N(CC)CC. The molecule has 1 aliphatic carbocycles. The molecule has 0 radical (unpaired) electrons. The van der Waals surface area contributed by atoms with Crippen molar-refractivity contribution in [3.8, 4) is 5.75 Å². The van der Waals surface area contributed by atoms with Gasteiger partial charge in [0.2, 0.25) is 10.0 Å². The van der Waals surface area contributed by atoms with Crippen LogP contribution in [-0.2, 0) is 10.0 Å². The fourth-order valence-corrected chi connectivity index (χ4v) is 5.52. The second kappa shape index (κ2) is 10.4. The maximum atomic E-state index is 13.1. The van der Waals surface area contributed by atoms with E-state index in [0.29, 0.717) is 48.2 Å². The van der Waals surface area contributed by atoms with Crippen LogP contribution >= 0.6 is 12.2 Å². The first-order valence-electron chi connectivity index (χ1n) is 10.2. The number of nitrogens with zero attached hydrogens (tertiary/aromatic N) is 1. The van der Waals surface area contributed by atoms with Crippen LogP contribution in [0.5, 0.6) is 5.75 Å². The molecule has 1 saturated carbocycles. The smallest absolute Gasteiger partial charge is 0.246 e. The van der Waals surface area contributed by atoms with Crippen molar-refractivity contribution < 1.29 is 13.2 Å². The number of nitrogens with one attached hydrogen (secondary N) is 2. The van der Waals surface area contributed by atoms with Crippen molar-refractivity contribution in [2.45, 2.75) is 64.3 Å². The summed E-state index contributed by atoms with van der Waals surface area (Å²) in [5.74, 6) is 0.937. The Morgan fingerprint density at radius 3 is 2.50 bits per heavy atom. The van der Waals surface area contributed by atoms with Crippen LogP contribution in [0.3, 0.4) is 0 Å². The standard InChI is InChI=1S/C20H33N3O3S2/c1-5-23(6-2)28(24,25)19-14-16(12-13-18(19)26-7-3)21-20(27)22-17-11-9-8-10-15(17)4/h12-15,17H,5-11H2,1-4H3,(H2,21,22,27)/t15-,17-/m1/s1. The van der Waals surface area contributed by atoms with Crippen molar-refractivity contribution >= 4 is 33.0 Å². The average Bonchev–Trinajstić information content (AvgIpc) is 2.65. The molecule has 1 fully saturated rings. The lowest BCUT2D eigenvalue weighted by Gasteiger charge is -2.30. The summed E-state index contributed by atoms with van der Waals surface area (Å²) in [6, 6.07) is 5.45. The molecule has 0 amide bonds. The number of sulfonamides is 1. The second-order valence-electron chi connectivity index (χ2n) is 7.15. The molecule has 0 saturated heterocycles. The summed E-state index contributed by atoms with van der Waals surface area (Å²) in [5, 5.41) is 7.06. The molecule has 28 heavy (non-hydrogen) atoms. The van der Waals surface area contributed by atoms with Crippen molar-refractivity contribution in [1.82, 2.24) is 9.62 Å². The third-order valence-corrected chi connectivity index (χ3v) is 7.54. The van der Waals surface area contributed by atoms with Gasteiger partial charge in [0.1, 0.15) is 10.6 Å². The molecular weight excluding hydrogens is 394 g/mol. The van der Waals surface area contributed by atoms with Gasteiger partial charge in [-0.05, 0) is 56.1 Å².